The van der Waals surface area contributed by atoms with Gasteiger partial charge in [-0.3, -0.25) is 4.68 Å². The van der Waals surface area contributed by atoms with E-state index in [0.29, 0.717) is 6.04 Å². The number of aromatic nitrogens is 2. The second-order valence-corrected chi connectivity index (χ2v) is 5.07. The Morgan fingerprint density at radius 3 is 2.81 bits per heavy atom. The third kappa shape index (κ3) is 2.29. The first-order valence-electron chi connectivity index (χ1n) is 6.36. The van der Waals surface area contributed by atoms with Crippen LogP contribution in [0, 0.1) is 18.8 Å². The molecule has 0 radical (unpaired) electrons. The predicted octanol–water partition coefficient (Wildman–Crippen LogP) is 2.00. The topological polar surface area (TPSA) is 29.9 Å². The molecule has 16 heavy (non-hydrogen) atoms. The van der Waals surface area contributed by atoms with Gasteiger partial charge in [-0.1, -0.05) is 6.92 Å². The minimum absolute atomic E-state index is 0.622. The summed E-state index contributed by atoms with van der Waals surface area (Å²) in [4.78, 5) is 0. The Morgan fingerprint density at radius 2 is 2.31 bits per heavy atom. The summed E-state index contributed by atoms with van der Waals surface area (Å²) in [6, 6.07) is 2.84. The van der Waals surface area contributed by atoms with Crippen molar-refractivity contribution in [2.45, 2.75) is 46.2 Å². The number of aryl methyl sites for hydroxylation is 2. The minimum Gasteiger partial charge on any atom is -0.316 e. The van der Waals surface area contributed by atoms with Crippen molar-refractivity contribution in [3.8, 4) is 0 Å². The Hall–Kier alpha value is -0.830. The monoisotopic (exact) mass is 221 g/mol. The van der Waals surface area contributed by atoms with Gasteiger partial charge in [-0.15, -0.1) is 0 Å². The van der Waals surface area contributed by atoms with E-state index < -0.39 is 0 Å². The highest BCUT2D eigenvalue weighted by molar-refractivity contribution is 5.12. The van der Waals surface area contributed by atoms with Crippen LogP contribution in [0.15, 0.2) is 6.07 Å². The van der Waals surface area contributed by atoms with E-state index in [-0.39, 0.29) is 0 Å². The molecule has 1 aliphatic carbocycles. The van der Waals surface area contributed by atoms with Gasteiger partial charge in [0.25, 0.3) is 0 Å². The van der Waals surface area contributed by atoms with E-state index in [1.807, 2.05) is 0 Å². The van der Waals surface area contributed by atoms with Gasteiger partial charge in [-0.2, -0.15) is 5.10 Å². The summed E-state index contributed by atoms with van der Waals surface area (Å²) >= 11 is 0. The lowest BCUT2D eigenvalue weighted by Crippen LogP contribution is -2.31. The highest BCUT2D eigenvalue weighted by Gasteiger charge is 2.38. The Morgan fingerprint density at radius 1 is 1.62 bits per heavy atom. The summed E-state index contributed by atoms with van der Waals surface area (Å²) in [6.07, 6.45) is 2.49. The van der Waals surface area contributed by atoms with Crippen molar-refractivity contribution < 1.29 is 0 Å². The van der Waals surface area contributed by atoms with Crippen LogP contribution in [0.2, 0.25) is 0 Å². The van der Waals surface area contributed by atoms with Gasteiger partial charge in [0.2, 0.25) is 0 Å². The maximum atomic E-state index is 4.50. The van der Waals surface area contributed by atoms with Crippen molar-refractivity contribution in [1.29, 1.82) is 0 Å². The highest BCUT2D eigenvalue weighted by atomic mass is 15.3. The van der Waals surface area contributed by atoms with Gasteiger partial charge in [0.15, 0.2) is 0 Å². The molecule has 3 nitrogen and oxygen atoms in total. The van der Waals surface area contributed by atoms with E-state index >= 15 is 0 Å². The molecule has 1 N–H and O–H groups in total. The van der Waals surface area contributed by atoms with Crippen LogP contribution in [-0.4, -0.2) is 22.9 Å². The first kappa shape index (κ1) is 11.6. The second kappa shape index (κ2) is 4.58. The van der Waals surface area contributed by atoms with Gasteiger partial charge in [0.1, 0.15) is 0 Å². The molecule has 0 aliphatic heterocycles. The number of nitrogens with zero attached hydrogens (tertiary/aromatic N) is 2. The number of likely N-dealkylation sites (N-methyl/N-ethyl adjacent to an activating group) is 1. The molecule has 0 spiro atoms. The Kier molecular flexibility index (Phi) is 3.33. The SMILES string of the molecule is CCn1nc(C)cc1CC(NC)C1CC1C. The van der Waals surface area contributed by atoms with Gasteiger partial charge < -0.3 is 5.32 Å². The zero-order valence-electron chi connectivity index (χ0n) is 10.8. The fourth-order valence-corrected chi connectivity index (χ4v) is 2.64. The Bertz CT molecular complexity index is 356. The third-order valence-corrected chi connectivity index (χ3v) is 3.77. The minimum atomic E-state index is 0.622. The van der Waals surface area contributed by atoms with Crippen LogP contribution in [0.5, 0.6) is 0 Å². The van der Waals surface area contributed by atoms with E-state index in [9.17, 15) is 0 Å². The normalized spacial score (nSPS) is 25.8. The first-order valence-corrected chi connectivity index (χ1v) is 6.36. The van der Waals surface area contributed by atoms with E-state index in [1.54, 1.807) is 0 Å². The van der Waals surface area contributed by atoms with Crippen LogP contribution in [0.4, 0.5) is 0 Å². The van der Waals surface area contributed by atoms with Crippen molar-refractivity contribution in [2.24, 2.45) is 11.8 Å². The summed E-state index contributed by atoms with van der Waals surface area (Å²) in [5.41, 5.74) is 2.51. The van der Waals surface area contributed by atoms with Gasteiger partial charge in [-0.25, -0.2) is 0 Å². The molecule has 1 aromatic rings. The third-order valence-electron chi connectivity index (χ3n) is 3.77. The average Bonchev–Trinajstić information content (AvgIpc) is 2.86. The van der Waals surface area contributed by atoms with Crippen molar-refractivity contribution in [3.05, 3.63) is 17.5 Å². The summed E-state index contributed by atoms with van der Waals surface area (Å²) in [5, 5.41) is 7.97. The van der Waals surface area contributed by atoms with Gasteiger partial charge >= 0.3 is 0 Å². The molecule has 0 amide bonds. The number of hydrogen-bond donors (Lipinski definition) is 1. The smallest absolute Gasteiger partial charge is 0.0596 e. The molecule has 0 saturated heterocycles. The van der Waals surface area contributed by atoms with Crippen LogP contribution in [0.3, 0.4) is 0 Å². The summed E-state index contributed by atoms with van der Waals surface area (Å²) in [5.74, 6) is 1.77. The molecule has 0 bridgehead atoms. The lowest BCUT2D eigenvalue weighted by molar-refractivity contribution is 0.460. The average molecular weight is 221 g/mol. The Balaban J connectivity index is 2.06. The van der Waals surface area contributed by atoms with E-state index in [4.69, 9.17) is 0 Å². The van der Waals surface area contributed by atoms with Crippen molar-refractivity contribution in [3.63, 3.8) is 0 Å². The number of hydrogen-bond acceptors (Lipinski definition) is 2. The highest BCUT2D eigenvalue weighted by Crippen LogP contribution is 2.41. The van der Waals surface area contributed by atoms with Crippen LogP contribution >= 0.6 is 0 Å². The van der Waals surface area contributed by atoms with Crippen molar-refractivity contribution >= 4 is 0 Å². The van der Waals surface area contributed by atoms with E-state index in [2.05, 4.69) is 49.0 Å². The molecule has 0 aromatic carbocycles. The molecule has 1 aliphatic rings. The second-order valence-electron chi connectivity index (χ2n) is 5.07. The maximum absolute atomic E-state index is 4.50. The standard InChI is InChI=1S/C13H23N3/c1-5-16-11(7-10(3)15-16)8-13(14-4)12-6-9(12)2/h7,9,12-14H,5-6,8H2,1-4H3. The molecular weight excluding hydrogens is 198 g/mol. The van der Waals surface area contributed by atoms with Crippen LogP contribution in [0.25, 0.3) is 0 Å². The summed E-state index contributed by atoms with van der Waals surface area (Å²) < 4.78 is 2.13. The molecule has 1 heterocycles. The fraction of sp³-hybridized carbons (Fsp3) is 0.769. The summed E-state index contributed by atoms with van der Waals surface area (Å²) in [7, 11) is 2.08. The van der Waals surface area contributed by atoms with Gasteiger partial charge in [0, 0.05) is 24.7 Å². The molecule has 90 valence electrons. The predicted molar refractivity (Wildman–Crippen MR) is 66.5 cm³/mol. The lowest BCUT2D eigenvalue weighted by Gasteiger charge is -2.16. The summed E-state index contributed by atoms with van der Waals surface area (Å²) in [6.45, 7) is 7.55. The molecule has 1 saturated carbocycles. The van der Waals surface area contributed by atoms with Crippen molar-refractivity contribution in [2.75, 3.05) is 7.05 Å². The van der Waals surface area contributed by atoms with Crippen LogP contribution < -0.4 is 5.32 Å². The zero-order valence-corrected chi connectivity index (χ0v) is 10.8. The quantitative estimate of drug-likeness (QED) is 0.824. The van der Waals surface area contributed by atoms with E-state index in [1.165, 1.54) is 12.1 Å². The van der Waals surface area contributed by atoms with Gasteiger partial charge in [-0.05, 0) is 45.2 Å². The molecule has 1 aromatic heterocycles. The van der Waals surface area contributed by atoms with Crippen molar-refractivity contribution in [1.82, 2.24) is 15.1 Å². The number of nitrogens with one attached hydrogen (secondary N) is 1. The molecule has 3 atom stereocenters. The fourth-order valence-electron chi connectivity index (χ4n) is 2.64. The first-order chi connectivity index (χ1) is 7.65. The molecule has 3 unspecified atom stereocenters. The zero-order chi connectivity index (χ0) is 11.7. The van der Waals surface area contributed by atoms with Gasteiger partial charge in [0.05, 0.1) is 5.69 Å². The molecule has 3 heteroatoms. The maximum Gasteiger partial charge on any atom is 0.0596 e. The van der Waals surface area contributed by atoms with Crippen LogP contribution in [0.1, 0.15) is 31.7 Å². The number of rotatable bonds is 5. The van der Waals surface area contributed by atoms with Crippen LogP contribution in [-0.2, 0) is 13.0 Å². The molecule has 2 rings (SSSR count). The van der Waals surface area contributed by atoms with E-state index in [0.717, 1.165) is 30.5 Å². The lowest BCUT2D eigenvalue weighted by atomic mass is 10.1. The Labute approximate surface area is 98.2 Å². The largest absolute Gasteiger partial charge is 0.316 e. The molecule has 1 fully saturated rings. The molecular formula is C13H23N3.